The van der Waals surface area contributed by atoms with Crippen LogP contribution in [0, 0.1) is 0 Å². The number of para-hydroxylation sites is 4. The number of H-pyrrole nitrogens is 1. The number of aromatic nitrogens is 1. The van der Waals surface area contributed by atoms with Crippen LogP contribution in [0.4, 0.5) is 39.9 Å². The van der Waals surface area contributed by atoms with Crippen LogP contribution < -0.4 is 9.80 Å². The highest BCUT2D eigenvalue weighted by Gasteiger charge is 2.22. The summed E-state index contributed by atoms with van der Waals surface area (Å²) in [5.41, 5.74) is 14.5. The van der Waals surface area contributed by atoms with Crippen LogP contribution in [-0.4, -0.2) is 16.5 Å². The normalized spacial score (nSPS) is 12.8. The maximum absolute atomic E-state index is 5.35. The van der Waals surface area contributed by atoms with Gasteiger partial charge in [0.1, 0.15) is 5.82 Å². The molecule has 0 aliphatic carbocycles. The van der Waals surface area contributed by atoms with E-state index in [0.717, 1.165) is 84.7 Å². The minimum Gasteiger partial charge on any atom is -0.339 e. The lowest BCUT2D eigenvalue weighted by Crippen LogP contribution is -2.09. The Balaban J connectivity index is 1.03. The highest BCUT2D eigenvalue weighted by Crippen LogP contribution is 2.40. The molecule has 0 atom stereocenters. The average Bonchev–Trinajstić information content (AvgIpc) is 3.97. The van der Waals surface area contributed by atoms with Gasteiger partial charge in [0.05, 0.1) is 5.71 Å². The molecule has 5 nitrogen and oxygen atoms in total. The first-order chi connectivity index (χ1) is 30.2. The van der Waals surface area contributed by atoms with Gasteiger partial charge in [0.15, 0.2) is 5.84 Å². The lowest BCUT2D eigenvalue weighted by Gasteiger charge is -2.25. The molecule has 9 aromatic rings. The number of nitrogens with zero attached hydrogens (tertiary/aromatic N) is 4. The Bertz CT molecular complexity index is 2880. The second-order valence-corrected chi connectivity index (χ2v) is 14.8. The summed E-state index contributed by atoms with van der Waals surface area (Å²) in [4.78, 5) is 18.8. The fourth-order valence-corrected chi connectivity index (χ4v) is 7.88. The Morgan fingerprint density at radius 3 is 1.18 bits per heavy atom. The summed E-state index contributed by atoms with van der Waals surface area (Å²) < 4.78 is 0. The maximum atomic E-state index is 5.35. The third-order valence-corrected chi connectivity index (χ3v) is 10.8. The first-order valence-electron chi connectivity index (χ1n) is 20.5. The summed E-state index contributed by atoms with van der Waals surface area (Å²) >= 11 is 0. The third kappa shape index (κ3) is 7.84. The number of amidine groups is 1. The van der Waals surface area contributed by atoms with Crippen molar-refractivity contribution in [3.05, 3.63) is 254 Å². The minimum atomic E-state index is 0.655. The van der Waals surface area contributed by atoms with E-state index in [-0.39, 0.29) is 0 Å². The monoisotopic (exact) mass is 783 g/mol. The quantitative estimate of drug-likeness (QED) is 0.142. The second-order valence-electron chi connectivity index (χ2n) is 14.8. The fraction of sp³-hybridized carbons (Fsp3) is 0. The summed E-state index contributed by atoms with van der Waals surface area (Å²) in [5.74, 6) is 1.40. The molecule has 2 heterocycles. The van der Waals surface area contributed by atoms with Crippen molar-refractivity contribution >= 4 is 57.1 Å². The molecule has 8 aromatic carbocycles. The number of benzene rings is 8. The number of hydrogen-bond donors (Lipinski definition) is 1. The number of aromatic amines is 1. The van der Waals surface area contributed by atoms with Gasteiger partial charge in [-0.15, -0.1) is 0 Å². The first kappa shape index (κ1) is 37.0. The SMILES string of the molecule is C1=C(c2ccccc2)C(=Nc2[nH]c(-c3ccc(N(c4ccccc4)c4ccccc4)cc3)cc2-c2ccccc2)N=C1c1ccc(N(c2ccccc2)c2ccccc2)cc1. The van der Waals surface area contributed by atoms with Crippen LogP contribution in [0.1, 0.15) is 11.1 Å². The van der Waals surface area contributed by atoms with Crippen molar-refractivity contribution in [2.45, 2.75) is 0 Å². The first-order valence-corrected chi connectivity index (χ1v) is 20.5. The molecule has 61 heavy (non-hydrogen) atoms. The van der Waals surface area contributed by atoms with Crippen molar-refractivity contribution in [3.63, 3.8) is 0 Å². The number of hydrogen-bond acceptors (Lipinski definition) is 3. The van der Waals surface area contributed by atoms with Crippen LogP contribution in [0.3, 0.4) is 0 Å². The third-order valence-electron chi connectivity index (χ3n) is 10.8. The van der Waals surface area contributed by atoms with Gasteiger partial charge >= 0.3 is 0 Å². The van der Waals surface area contributed by atoms with Crippen molar-refractivity contribution in [1.29, 1.82) is 0 Å². The summed E-state index contributed by atoms with van der Waals surface area (Å²) in [7, 11) is 0. The molecule has 290 valence electrons. The highest BCUT2D eigenvalue weighted by molar-refractivity contribution is 6.38. The Kier molecular flexibility index (Phi) is 10.3. The molecule has 0 spiro atoms. The van der Waals surface area contributed by atoms with Gasteiger partial charge in [-0.25, -0.2) is 9.98 Å². The van der Waals surface area contributed by atoms with E-state index in [0.29, 0.717) is 5.84 Å². The minimum absolute atomic E-state index is 0.655. The van der Waals surface area contributed by atoms with Crippen LogP contribution in [0.2, 0.25) is 0 Å². The number of rotatable bonds is 11. The molecule has 1 aromatic heterocycles. The molecule has 1 aliphatic heterocycles. The molecule has 0 unspecified atom stereocenters. The van der Waals surface area contributed by atoms with E-state index < -0.39 is 0 Å². The van der Waals surface area contributed by atoms with Crippen molar-refractivity contribution in [3.8, 4) is 22.4 Å². The van der Waals surface area contributed by atoms with E-state index in [2.05, 4.69) is 221 Å². The summed E-state index contributed by atoms with van der Waals surface area (Å²) in [5, 5.41) is 0. The van der Waals surface area contributed by atoms with Gasteiger partial charge < -0.3 is 14.8 Å². The lowest BCUT2D eigenvalue weighted by atomic mass is 10.0. The van der Waals surface area contributed by atoms with E-state index in [9.17, 15) is 0 Å². The van der Waals surface area contributed by atoms with Crippen molar-refractivity contribution in [2.75, 3.05) is 9.80 Å². The molecule has 0 amide bonds. The molecule has 0 radical (unpaired) electrons. The summed E-state index contributed by atoms with van der Waals surface area (Å²) in [6.45, 7) is 0. The van der Waals surface area contributed by atoms with Gasteiger partial charge in [-0.1, -0.05) is 158 Å². The molecule has 0 bridgehead atoms. The largest absolute Gasteiger partial charge is 0.339 e. The molecule has 0 saturated heterocycles. The summed E-state index contributed by atoms with van der Waals surface area (Å²) in [6, 6.07) is 82.2. The van der Waals surface area contributed by atoms with Crippen LogP contribution in [-0.2, 0) is 0 Å². The zero-order valence-corrected chi connectivity index (χ0v) is 33.4. The zero-order valence-electron chi connectivity index (χ0n) is 33.4. The predicted octanol–water partition coefficient (Wildman–Crippen LogP) is 14.9. The van der Waals surface area contributed by atoms with Gasteiger partial charge in [0, 0.05) is 56.5 Å². The highest BCUT2D eigenvalue weighted by atomic mass is 15.1. The van der Waals surface area contributed by atoms with Gasteiger partial charge in [-0.2, -0.15) is 0 Å². The number of aliphatic imine (C=N–C) groups is 2. The predicted molar refractivity (Wildman–Crippen MR) is 256 cm³/mol. The van der Waals surface area contributed by atoms with Crippen LogP contribution in [0.15, 0.2) is 253 Å². The van der Waals surface area contributed by atoms with Crippen molar-refractivity contribution in [1.82, 2.24) is 4.98 Å². The van der Waals surface area contributed by atoms with Crippen molar-refractivity contribution < 1.29 is 0 Å². The topological polar surface area (TPSA) is 47.0 Å². The van der Waals surface area contributed by atoms with Gasteiger partial charge in [0.2, 0.25) is 0 Å². The van der Waals surface area contributed by atoms with Crippen LogP contribution >= 0.6 is 0 Å². The van der Waals surface area contributed by atoms with Crippen LogP contribution in [0.5, 0.6) is 0 Å². The van der Waals surface area contributed by atoms with Crippen LogP contribution in [0.25, 0.3) is 28.0 Å². The van der Waals surface area contributed by atoms with Gasteiger partial charge in [-0.3, -0.25) is 0 Å². The second kappa shape index (κ2) is 16.9. The Hall–Kier alpha value is -8.28. The number of anilines is 6. The molecule has 0 fully saturated rings. The molecule has 0 saturated carbocycles. The smallest absolute Gasteiger partial charge is 0.162 e. The number of nitrogens with one attached hydrogen (secondary N) is 1. The Morgan fingerprint density at radius 1 is 0.361 bits per heavy atom. The Labute approximate surface area is 356 Å². The lowest BCUT2D eigenvalue weighted by molar-refractivity contribution is 1.28. The Morgan fingerprint density at radius 2 is 0.738 bits per heavy atom. The molecule has 1 aliphatic rings. The standard InChI is InChI=1S/C56H41N5/c1-7-19-41(20-8-1)51-39-53(43-31-35-49(36-32-43)60(45-23-11-3-12-24-45)46-25-13-4-14-26-46)57-55(51)59-56-52(42-21-9-2-10-22-42)40-54(58-56)44-33-37-50(38-34-44)61(47-27-15-5-16-28-47)48-29-17-6-18-30-48/h1-40,57H. The molecule has 10 rings (SSSR count). The van der Waals surface area contributed by atoms with Gasteiger partial charge in [-0.05, 0) is 102 Å². The number of allylic oxidation sites excluding steroid dienone is 1. The van der Waals surface area contributed by atoms with E-state index in [1.807, 2.05) is 36.4 Å². The fourth-order valence-electron chi connectivity index (χ4n) is 7.88. The zero-order chi connectivity index (χ0) is 40.8. The van der Waals surface area contributed by atoms with E-state index in [1.54, 1.807) is 0 Å². The van der Waals surface area contributed by atoms with E-state index >= 15 is 0 Å². The maximum Gasteiger partial charge on any atom is 0.162 e. The van der Waals surface area contributed by atoms with E-state index in [4.69, 9.17) is 9.98 Å². The molecule has 5 heteroatoms. The summed E-state index contributed by atoms with van der Waals surface area (Å²) in [6.07, 6.45) is 2.16. The van der Waals surface area contributed by atoms with E-state index in [1.165, 1.54) is 0 Å². The molecular weight excluding hydrogens is 743 g/mol. The molecule has 1 N–H and O–H groups in total. The molecular formula is C56H41N5. The average molecular weight is 784 g/mol. The van der Waals surface area contributed by atoms with Gasteiger partial charge in [0.25, 0.3) is 0 Å². The van der Waals surface area contributed by atoms with Crippen molar-refractivity contribution in [2.24, 2.45) is 9.98 Å².